The monoisotopic (exact) mass is 470 g/mol. The van der Waals surface area contributed by atoms with Gasteiger partial charge in [-0.3, -0.25) is 14.4 Å². The van der Waals surface area contributed by atoms with E-state index in [1.807, 2.05) is 0 Å². The number of halogens is 1. The van der Waals surface area contributed by atoms with Crippen molar-refractivity contribution in [2.24, 2.45) is 5.41 Å². The predicted molar refractivity (Wildman–Crippen MR) is 106 cm³/mol. The summed E-state index contributed by atoms with van der Waals surface area (Å²) in [6.45, 7) is 7.80. The van der Waals surface area contributed by atoms with Gasteiger partial charge in [0.15, 0.2) is 0 Å². The molecule has 0 spiro atoms. The summed E-state index contributed by atoms with van der Waals surface area (Å²) in [5.41, 5.74) is -2.82. The number of hydrogen-bond acceptors (Lipinski definition) is 8. The van der Waals surface area contributed by atoms with E-state index >= 15 is 0 Å². The first-order valence-electron chi connectivity index (χ1n) is 8.90. The minimum atomic E-state index is -2.52. The van der Waals surface area contributed by atoms with Gasteiger partial charge in [0.05, 0.1) is 19.8 Å². The highest BCUT2D eigenvalue weighted by atomic mass is 79.9. The molecule has 0 aromatic heterocycles. The van der Waals surface area contributed by atoms with Crippen molar-refractivity contribution < 1.29 is 38.1 Å². The van der Waals surface area contributed by atoms with Crippen molar-refractivity contribution in [3.05, 3.63) is 40.9 Å². The van der Waals surface area contributed by atoms with Gasteiger partial charge >= 0.3 is 23.9 Å². The van der Waals surface area contributed by atoms with E-state index in [0.717, 1.165) is 4.47 Å². The Kier molecular flexibility index (Phi) is 9.54. The Morgan fingerprint density at radius 1 is 0.862 bits per heavy atom. The van der Waals surface area contributed by atoms with Gasteiger partial charge in [-0.25, -0.2) is 4.79 Å². The van der Waals surface area contributed by atoms with Crippen molar-refractivity contribution in [2.45, 2.75) is 27.2 Å². The van der Waals surface area contributed by atoms with Gasteiger partial charge in [-0.15, -0.1) is 0 Å². The zero-order valence-corrected chi connectivity index (χ0v) is 18.1. The molecular formula is C20H23BrO8. The van der Waals surface area contributed by atoms with Gasteiger partial charge in [0.25, 0.3) is 5.41 Å². The molecule has 0 aliphatic rings. The van der Waals surface area contributed by atoms with Crippen LogP contribution < -0.4 is 4.74 Å². The topological polar surface area (TPSA) is 105 Å². The van der Waals surface area contributed by atoms with Crippen LogP contribution in [-0.4, -0.2) is 43.7 Å². The van der Waals surface area contributed by atoms with E-state index in [-0.39, 0.29) is 31.1 Å². The Labute approximate surface area is 177 Å². The molecule has 29 heavy (non-hydrogen) atoms. The number of carbonyl (C=O) groups excluding carboxylic acids is 4. The smallest absolute Gasteiger partial charge is 0.338 e. The Bertz CT molecular complexity index is 724. The second-order valence-electron chi connectivity index (χ2n) is 5.69. The third kappa shape index (κ3) is 6.15. The summed E-state index contributed by atoms with van der Waals surface area (Å²) in [5.74, 6) is -4.26. The Hall–Kier alpha value is -2.68. The lowest BCUT2D eigenvalue weighted by atomic mass is 9.81. The molecule has 0 bridgehead atoms. The van der Waals surface area contributed by atoms with Crippen molar-refractivity contribution in [2.75, 3.05) is 19.8 Å². The van der Waals surface area contributed by atoms with Gasteiger partial charge in [-0.2, -0.15) is 0 Å². The number of carbonyl (C=O) groups is 4. The molecule has 1 aromatic rings. The van der Waals surface area contributed by atoms with Crippen LogP contribution >= 0.6 is 15.9 Å². The molecule has 0 aliphatic carbocycles. The van der Waals surface area contributed by atoms with Crippen LogP contribution in [0.2, 0.25) is 0 Å². The minimum absolute atomic E-state index is 0.102. The van der Waals surface area contributed by atoms with Gasteiger partial charge in [0.1, 0.15) is 5.75 Å². The minimum Gasteiger partial charge on any atom is -0.465 e. The summed E-state index contributed by atoms with van der Waals surface area (Å²) >= 11 is 3.26. The van der Waals surface area contributed by atoms with Crippen LogP contribution in [-0.2, 0) is 33.4 Å². The molecule has 0 saturated carbocycles. The van der Waals surface area contributed by atoms with E-state index in [0.29, 0.717) is 0 Å². The molecular weight excluding hydrogens is 448 g/mol. The lowest BCUT2D eigenvalue weighted by Gasteiger charge is -2.27. The second kappa shape index (κ2) is 11.4. The third-order valence-electron chi connectivity index (χ3n) is 3.66. The molecule has 0 aliphatic heterocycles. The van der Waals surface area contributed by atoms with Crippen LogP contribution in [0, 0.1) is 5.41 Å². The summed E-state index contributed by atoms with van der Waals surface area (Å²) < 4.78 is 20.7. The van der Waals surface area contributed by atoms with Crippen LogP contribution in [0.25, 0.3) is 0 Å². The first-order chi connectivity index (χ1) is 13.7. The maximum Gasteiger partial charge on any atom is 0.338 e. The molecule has 0 fully saturated rings. The molecule has 0 amide bonds. The van der Waals surface area contributed by atoms with Gasteiger partial charge < -0.3 is 18.9 Å². The average Bonchev–Trinajstić information content (AvgIpc) is 2.68. The summed E-state index contributed by atoms with van der Waals surface area (Å²) in [7, 11) is 0. The summed E-state index contributed by atoms with van der Waals surface area (Å²) in [5, 5.41) is 0. The SMILES string of the molecule is C=C(CC(C(=O)OCC)(C(=O)OCC)C(=O)OCC)C(=O)Oc1ccc(Br)cc1. The van der Waals surface area contributed by atoms with Gasteiger partial charge in [0, 0.05) is 16.5 Å². The van der Waals surface area contributed by atoms with Gasteiger partial charge in [0.2, 0.25) is 0 Å². The van der Waals surface area contributed by atoms with Crippen LogP contribution in [0.5, 0.6) is 5.75 Å². The van der Waals surface area contributed by atoms with Crippen molar-refractivity contribution >= 4 is 39.8 Å². The number of ether oxygens (including phenoxy) is 4. The largest absolute Gasteiger partial charge is 0.465 e. The summed E-state index contributed by atoms with van der Waals surface area (Å²) in [6, 6.07) is 6.38. The number of rotatable bonds is 10. The first-order valence-corrected chi connectivity index (χ1v) is 9.69. The van der Waals surface area contributed by atoms with Crippen molar-refractivity contribution in [3.63, 3.8) is 0 Å². The van der Waals surface area contributed by atoms with E-state index in [4.69, 9.17) is 18.9 Å². The fraction of sp³-hybridized carbons (Fsp3) is 0.400. The third-order valence-corrected chi connectivity index (χ3v) is 4.19. The molecule has 0 heterocycles. The molecule has 0 saturated heterocycles. The average molecular weight is 471 g/mol. The molecule has 0 atom stereocenters. The van der Waals surface area contributed by atoms with Crippen LogP contribution in [0.3, 0.4) is 0 Å². The molecule has 0 radical (unpaired) electrons. The van der Waals surface area contributed by atoms with Crippen molar-refractivity contribution in [1.82, 2.24) is 0 Å². The van der Waals surface area contributed by atoms with E-state index in [1.54, 1.807) is 12.1 Å². The lowest BCUT2D eigenvalue weighted by molar-refractivity contribution is -0.183. The van der Waals surface area contributed by atoms with Crippen molar-refractivity contribution in [1.29, 1.82) is 0 Å². The number of benzene rings is 1. The fourth-order valence-electron chi connectivity index (χ4n) is 2.30. The fourth-order valence-corrected chi connectivity index (χ4v) is 2.57. The van der Waals surface area contributed by atoms with Crippen LogP contribution in [0.1, 0.15) is 27.2 Å². The predicted octanol–water partition coefficient (Wildman–Crippen LogP) is 2.98. The van der Waals surface area contributed by atoms with Crippen molar-refractivity contribution in [3.8, 4) is 5.75 Å². The highest BCUT2D eigenvalue weighted by molar-refractivity contribution is 9.10. The maximum atomic E-state index is 12.6. The normalized spacial score (nSPS) is 10.6. The molecule has 1 aromatic carbocycles. The second-order valence-corrected chi connectivity index (χ2v) is 6.61. The zero-order chi connectivity index (χ0) is 22.0. The van der Waals surface area contributed by atoms with Gasteiger partial charge in [-0.05, 0) is 45.0 Å². The first kappa shape index (κ1) is 24.4. The number of hydrogen-bond donors (Lipinski definition) is 0. The maximum absolute atomic E-state index is 12.6. The van der Waals surface area contributed by atoms with Crippen LogP contribution in [0.15, 0.2) is 40.9 Å². The molecule has 0 unspecified atom stereocenters. The molecule has 9 heteroatoms. The Morgan fingerprint density at radius 3 is 1.66 bits per heavy atom. The lowest BCUT2D eigenvalue weighted by Crippen LogP contribution is -2.50. The van der Waals surface area contributed by atoms with E-state index < -0.39 is 35.7 Å². The van der Waals surface area contributed by atoms with E-state index in [2.05, 4.69) is 22.5 Å². The molecule has 8 nitrogen and oxygen atoms in total. The van der Waals surface area contributed by atoms with Gasteiger partial charge in [-0.1, -0.05) is 22.5 Å². The van der Waals surface area contributed by atoms with E-state index in [9.17, 15) is 19.2 Å². The summed E-state index contributed by atoms with van der Waals surface area (Å²) in [6.07, 6.45) is -0.709. The summed E-state index contributed by atoms with van der Waals surface area (Å²) in [4.78, 5) is 50.3. The van der Waals surface area contributed by atoms with Crippen LogP contribution in [0.4, 0.5) is 0 Å². The Morgan fingerprint density at radius 2 is 1.28 bits per heavy atom. The number of esters is 4. The highest BCUT2D eigenvalue weighted by Gasteiger charge is 2.58. The standard InChI is InChI=1S/C20H23BrO8/c1-5-26-17(23)20(18(24)27-6-2,19(25)28-7-3)12-13(4)16(22)29-15-10-8-14(21)9-11-15/h8-11H,4-7,12H2,1-3H3. The zero-order valence-electron chi connectivity index (χ0n) is 16.5. The molecule has 0 N–H and O–H groups in total. The van der Waals surface area contributed by atoms with E-state index in [1.165, 1.54) is 32.9 Å². The quantitative estimate of drug-likeness (QED) is 0.169. The Balaban J connectivity index is 3.21. The molecule has 1 rings (SSSR count). The molecule has 158 valence electrons. The highest BCUT2D eigenvalue weighted by Crippen LogP contribution is 2.32.